The van der Waals surface area contributed by atoms with Crippen molar-refractivity contribution in [3.05, 3.63) is 51.8 Å². The van der Waals surface area contributed by atoms with Crippen LogP contribution < -0.4 is 0 Å². The van der Waals surface area contributed by atoms with Crippen molar-refractivity contribution < 1.29 is 19.0 Å². The normalized spacial score (nSPS) is 17.3. The van der Waals surface area contributed by atoms with Gasteiger partial charge in [-0.1, -0.05) is 12.1 Å². The van der Waals surface area contributed by atoms with Gasteiger partial charge in [-0.05, 0) is 23.8 Å². The number of benzene rings is 1. The predicted octanol–water partition coefficient (Wildman–Crippen LogP) is 1.09. The first-order valence-electron chi connectivity index (χ1n) is 6.24. The molecule has 8 nitrogen and oxygen atoms in total. The highest BCUT2D eigenvalue weighted by Crippen LogP contribution is 2.09. The highest BCUT2D eigenvalue weighted by molar-refractivity contribution is 6.03. The van der Waals surface area contributed by atoms with Gasteiger partial charge in [-0.2, -0.15) is 0 Å². The topological polar surface area (TPSA) is 88.3 Å². The van der Waals surface area contributed by atoms with Crippen LogP contribution in [0.3, 0.4) is 0 Å². The number of amides is 1. The largest absolute Gasteiger partial charge is 0.340 e. The molecule has 0 aliphatic carbocycles. The average Bonchev–Trinajstić information content (AvgIpc) is 2.48. The molecule has 1 aliphatic rings. The second-order valence-corrected chi connectivity index (χ2v) is 4.45. The van der Waals surface area contributed by atoms with E-state index in [1.54, 1.807) is 0 Å². The fourth-order valence-corrected chi connectivity index (χ4v) is 1.79. The second-order valence-electron chi connectivity index (χ2n) is 4.45. The molecule has 1 heterocycles. The van der Waals surface area contributed by atoms with Crippen LogP contribution in [-0.4, -0.2) is 47.2 Å². The summed E-state index contributed by atoms with van der Waals surface area (Å²) in [4.78, 5) is 25.1. The number of carbonyl (C=O) groups is 1. The van der Waals surface area contributed by atoms with Gasteiger partial charge in [-0.3, -0.25) is 4.79 Å². The quantitative estimate of drug-likeness (QED) is 0.474. The van der Waals surface area contributed by atoms with E-state index in [0.29, 0.717) is 5.56 Å². The lowest BCUT2D eigenvalue weighted by Crippen LogP contribution is -2.52. The summed E-state index contributed by atoms with van der Waals surface area (Å²) in [6, 6.07) is 5.54. The summed E-state index contributed by atoms with van der Waals surface area (Å²) in [5.41, 5.74) is 0.619. The number of nitro groups is 1. The first-order chi connectivity index (χ1) is 10.5. The Hall–Kier alpha value is -2.81. The Morgan fingerprint density at radius 1 is 1.41 bits per heavy atom. The third-order valence-corrected chi connectivity index (χ3v) is 2.81. The van der Waals surface area contributed by atoms with E-state index in [0.717, 1.165) is 4.90 Å². The molecule has 0 N–H and O–H groups in total. The molecule has 9 heteroatoms. The third-order valence-electron chi connectivity index (χ3n) is 2.81. The molecule has 0 unspecified atom stereocenters. The molecule has 1 amide bonds. The molecule has 1 saturated heterocycles. The van der Waals surface area contributed by atoms with Crippen LogP contribution in [0.2, 0.25) is 0 Å². The smallest absolute Gasteiger partial charge is 0.284 e. The van der Waals surface area contributed by atoms with Gasteiger partial charge in [-0.25, -0.2) is 19.4 Å². The summed E-state index contributed by atoms with van der Waals surface area (Å²) in [7, 11) is 1.52. The fraction of sp³-hybridized carbons (Fsp3) is 0.231. The lowest BCUT2D eigenvalue weighted by molar-refractivity contribution is -0.486. The number of nitrogens with zero attached hydrogens (tertiary/aromatic N) is 4. The molecule has 22 heavy (non-hydrogen) atoms. The first kappa shape index (κ1) is 15.6. The molecule has 1 aliphatic heterocycles. The molecular weight excluding hydrogens is 295 g/mol. The molecule has 1 aromatic rings. The van der Waals surface area contributed by atoms with E-state index >= 15 is 0 Å². The van der Waals surface area contributed by atoms with Crippen LogP contribution in [0.1, 0.15) is 5.56 Å². The van der Waals surface area contributed by atoms with Crippen molar-refractivity contribution in [2.24, 2.45) is 5.10 Å². The van der Waals surface area contributed by atoms with E-state index in [4.69, 9.17) is 4.74 Å². The van der Waals surface area contributed by atoms with Crippen molar-refractivity contribution in [1.29, 1.82) is 0 Å². The summed E-state index contributed by atoms with van der Waals surface area (Å²) >= 11 is 0. The third kappa shape index (κ3) is 3.85. The van der Waals surface area contributed by atoms with Crippen molar-refractivity contribution in [3.8, 4) is 0 Å². The van der Waals surface area contributed by atoms with Crippen molar-refractivity contribution in [1.82, 2.24) is 9.80 Å². The highest BCUT2D eigenvalue weighted by Gasteiger charge is 2.28. The van der Waals surface area contributed by atoms with Gasteiger partial charge in [0.1, 0.15) is 24.4 Å². The Balaban J connectivity index is 2.15. The Kier molecular flexibility index (Phi) is 4.79. The number of carbonyl (C=O) groups excluding carboxylic acids is 1. The zero-order valence-corrected chi connectivity index (χ0v) is 11.7. The Morgan fingerprint density at radius 2 is 2.09 bits per heavy atom. The maximum Gasteiger partial charge on any atom is 0.284 e. The van der Waals surface area contributed by atoms with Crippen molar-refractivity contribution in [2.45, 2.75) is 0 Å². The zero-order valence-electron chi connectivity index (χ0n) is 11.7. The maximum absolute atomic E-state index is 12.8. The van der Waals surface area contributed by atoms with Crippen LogP contribution >= 0.6 is 0 Å². The SMILES string of the molecule is CN1COCN(C(=O)/C=C/c2ccc(F)cc2)/C1=N/[N+](=O)[O-]. The number of halogens is 1. The molecule has 0 aromatic heterocycles. The van der Waals surface area contributed by atoms with Crippen LogP contribution in [-0.2, 0) is 9.53 Å². The van der Waals surface area contributed by atoms with Gasteiger partial charge in [0.15, 0.2) is 5.03 Å². The van der Waals surface area contributed by atoms with E-state index in [-0.39, 0.29) is 25.2 Å². The number of guanidine groups is 1. The maximum atomic E-state index is 12.8. The van der Waals surface area contributed by atoms with Gasteiger partial charge in [-0.15, -0.1) is 0 Å². The van der Waals surface area contributed by atoms with Gasteiger partial charge in [0.05, 0.1) is 0 Å². The molecular formula is C13H13FN4O4. The van der Waals surface area contributed by atoms with E-state index in [1.807, 2.05) is 0 Å². The minimum Gasteiger partial charge on any atom is -0.340 e. The Labute approximate surface area is 125 Å². The van der Waals surface area contributed by atoms with E-state index in [1.165, 1.54) is 48.4 Å². The van der Waals surface area contributed by atoms with Crippen molar-refractivity contribution in [2.75, 3.05) is 20.5 Å². The van der Waals surface area contributed by atoms with Crippen LogP contribution in [0, 0.1) is 15.9 Å². The molecule has 0 bridgehead atoms. The van der Waals surface area contributed by atoms with Crippen molar-refractivity contribution in [3.63, 3.8) is 0 Å². The number of hydrogen-bond acceptors (Lipinski definition) is 4. The molecule has 0 saturated carbocycles. The van der Waals surface area contributed by atoms with Crippen LogP contribution in [0.5, 0.6) is 0 Å². The summed E-state index contributed by atoms with van der Waals surface area (Å²) in [5, 5.41) is 12.9. The van der Waals surface area contributed by atoms with Gasteiger partial charge >= 0.3 is 0 Å². The van der Waals surface area contributed by atoms with E-state index in [9.17, 15) is 19.3 Å². The Bertz CT molecular complexity index is 629. The molecule has 1 fully saturated rings. The number of ether oxygens (including phenoxy) is 1. The molecule has 1 aromatic carbocycles. The number of hydrogen-bond donors (Lipinski definition) is 0. The highest BCUT2D eigenvalue weighted by atomic mass is 19.1. The monoisotopic (exact) mass is 308 g/mol. The Morgan fingerprint density at radius 3 is 2.73 bits per heavy atom. The lowest BCUT2D eigenvalue weighted by Gasteiger charge is -2.32. The molecule has 116 valence electrons. The average molecular weight is 308 g/mol. The van der Waals surface area contributed by atoms with Crippen LogP contribution in [0.15, 0.2) is 35.4 Å². The summed E-state index contributed by atoms with van der Waals surface area (Å²) in [6.07, 6.45) is 2.69. The minimum absolute atomic E-state index is 0.0954. The van der Waals surface area contributed by atoms with Gasteiger partial charge < -0.3 is 9.64 Å². The number of rotatable bonds is 3. The van der Waals surface area contributed by atoms with Gasteiger partial charge in [0, 0.05) is 13.1 Å². The summed E-state index contributed by atoms with van der Waals surface area (Å²) in [6.45, 7) is -0.0399. The van der Waals surface area contributed by atoms with Crippen molar-refractivity contribution >= 4 is 17.9 Å². The summed E-state index contributed by atoms with van der Waals surface area (Å²) in [5.74, 6) is -1.02. The van der Waals surface area contributed by atoms with Crippen LogP contribution in [0.4, 0.5) is 4.39 Å². The predicted molar refractivity (Wildman–Crippen MR) is 75.3 cm³/mol. The van der Waals surface area contributed by atoms with Crippen LogP contribution in [0.25, 0.3) is 6.08 Å². The number of hydrazone groups is 1. The van der Waals surface area contributed by atoms with Gasteiger partial charge in [0.2, 0.25) is 0 Å². The fourth-order valence-electron chi connectivity index (χ4n) is 1.79. The molecule has 0 radical (unpaired) electrons. The lowest BCUT2D eigenvalue weighted by atomic mass is 10.2. The molecule has 2 rings (SSSR count). The van der Waals surface area contributed by atoms with Gasteiger partial charge in [0.25, 0.3) is 11.9 Å². The van der Waals surface area contributed by atoms with E-state index in [2.05, 4.69) is 5.10 Å². The second kappa shape index (κ2) is 6.76. The minimum atomic E-state index is -0.874. The standard InChI is InChI=1S/C13H13FN4O4/c1-16-8-22-9-17(13(16)15-18(20)21)12(19)7-4-10-2-5-11(14)6-3-10/h2-7H,8-9H2,1H3/b7-4+,15-13+. The molecule has 0 spiro atoms. The molecule has 0 atom stereocenters. The van der Waals surface area contributed by atoms with E-state index < -0.39 is 10.9 Å². The first-order valence-corrected chi connectivity index (χ1v) is 6.24. The zero-order chi connectivity index (χ0) is 16.1. The summed E-state index contributed by atoms with van der Waals surface area (Å²) < 4.78 is 17.9.